The molecule has 0 amide bonds. The highest BCUT2D eigenvalue weighted by Crippen LogP contribution is 2.28. The highest BCUT2D eigenvalue weighted by Gasteiger charge is 2.20. The average molecular weight is 345 g/mol. The first kappa shape index (κ1) is 16.6. The zero-order valence-corrected chi connectivity index (χ0v) is 13.2. The van der Waals surface area contributed by atoms with E-state index in [0.29, 0.717) is 12.2 Å². The van der Waals surface area contributed by atoms with Crippen LogP contribution < -0.4 is 5.32 Å². The van der Waals surface area contributed by atoms with Gasteiger partial charge in [0, 0.05) is 22.6 Å². The van der Waals surface area contributed by atoms with Crippen molar-refractivity contribution in [2.75, 3.05) is 6.61 Å². The standard InChI is InChI=1S/C13H17BrN2O4/c1-4-20-13(17)9(3)15-7-10-8(2)11(14)5-6-12(10)16(18)19/h5-6,9,15H,4,7H2,1-3H3/t9-/m0/s1. The van der Waals surface area contributed by atoms with E-state index in [9.17, 15) is 14.9 Å². The van der Waals surface area contributed by atoms with E-state index in [-0.39, 0.29) is 18.2 Å². The second kappa shape index (κ2) is 7.35. The number of nitrogens with one attached hydrogen (secondary N) is 1. The van der Waals surface area contributed by atoms with Crippen LogP contribution in [0.2, 0.25) is 0 Å². The number of halogens is 1. The normalized spacial score (nSPS) is 12.0. The Labute approximate surface area is 125 Å². The topological polar surface area (TPSA) is 81.5 Å². The number of nitro groups is 1. The van der Waals surface area contributed by atoms with Crippen LogP contribution in [0.25, 0.3) is 0 Å². The molecule has 1 N–H and O–H groups in total. The number of benzene rings is 1. The van der Waals surface area contributed by atoms with Gasteiger partial charge in [0.25, 0.3) is 5.69 Å². The van der Waals surface area contributed by atoms with Gasteiger partial charge in [-0.3, -0.25) is 14.9 Å². The Morgan fingerprint density at radius 2 is 2.20 bits per heavy atom. The first-order chi connectivity index (χ1) is 9.38. The number of ether oxygens (including phenoxy) is 1. The lowest BCUT2D eigenvalue weighted by Crippen LogP contribution is -2.35. The molecular formula is C13H17BrN2O4. The van der Waals surface area contributed by atoms with E-state index in [1.54, 1.807) is 26.8 Å². The zero-order valence-electron chi connectivity index (χ0n) is 11.6. The number of nitrogens with zero attached hydrogens (tertiary/aromatic N) is 1. The monoisotopic (exact) mass is 344 g/mol. The van der Waals surface area contributed by atoms with E-state index >= 15 is 0 Å². The van der Waals surface area contributed by atoms with Gasteiger partial charge in [0.2, 0.25) is 0 Å². The van der Waals surface area contributed by atoms with Crippen LogP contribution in [0.1, 0.15) is 25.0 Å². The van der Waals surface area contributed by atoms with Crippen LogP contribution >= 0.6 is 15.9 Å². The summed E-state index contributed by atoms with van der Waals surface area (Å²) in [5.41, 5.74) is 1.37. The Morgan fingerprint density at radius 3 is 2.75 bits per heavy atom. The van der Waals surface area contributed by atoms with Crippen molar-refractivity contribution in [2.45, 2.75) is 33.4 Å². The van der Waals surface area contributed by atoms with Gasteiger partial charge in [-0.05, 0) is 32.4 Å². The van der Waals surface area contributed by atoms with Gasteiger partial charge in [0.1, 0.15) is 6.04 Å². The van der Waals surface area contributed by atoms with Crippen molar-refractivity contribution in [3.8, 4) is 0 Å². The maximum absolute atomic E-state index is 11.5. The fraction of sp³-hybridized carbons (Fsp3) is 0.462. The lowest BCUT2D eigenvalue weighted by molar-refractivity contribution is -0.385. The molecule has 0 heterocycles. The summed E-state index contributed by atoms with van der Waals surface area (Å²) in [4.78, 5) is 22.1. The largest absolute Gasteiger partial charge is 0.465 e. The smallest absolute Gasteiger partial charge is 0.322 e. The summed E-state index contributed by atoms with van der Waals surface area (Å²) in [5.74, 6) is -0.372. The van der Waals surface area contributed by atoms with Crippen LogP contribution in [0.15, 0.2) is 16.6 Å². The summed E-state index contributed by atoms with van der Waals surface area (Å²) in [6.07, 6.45) is 0. The molecule has 0 aliphatic rings. The third-order valence-electron chi connectivity index (χ3n) is 2.93. The maximum Gasteiger partial charge on any atom is 0.322 e. The van der Waals surface area contributed by atoms with E-state index in [1.165, 1.54) is 6.07 Å². The van der Waals surface area contributed by atoms with Crippen molar-refractivity contribution in [3.05, 3.63) is 37.8 Å². The summed E-state index contributed by atoms with van der Waals surface area (Å²) < 4.78 is 5.67. The molecule has 1 aromatic rings. The van der Waals surface area contributed by atoms with Crippen LogP contribution in [-0.4, -0.2) is 23.5 Å². The quantitative estimate of drug-likeness (QED) is 0.487. The predicted octanol–water partition coefficient (Wildman–Crippen LogP) is 2.71. The van der Waals surface area contributed by atoms with Gasteiger partial charge >= 0.3 is 5.97 Å². The van der Waals surface area contributed by atoms with E-state index in [1.807, 2.05) is 0 Å². The molecule has 0 fully saturated rings. The molecule has 7 heteroatoms. The van der Waals surface area contributed by atoms with Crippen LogP contribution in [-0.2, 0) is 16.1 Å². The lowest BCUT2D eigenvalue weighted by atomic mass is 10.1. The molecule has 110 valence electrons. The van der Waals surface area contributed by atoms with Crippen molar-refractivity contribution in [2.24, 2.45) is 0 Å². The minimum atomic E-state index is -0.520. The van der Waals surface area contributed by atoms with Crippen LogP contribution in [0, 0.1) is 17.0 Å². The molecule has 1 rings (SSSR count). The molecule has 1 aromatic carbocycles. The van der Waals surface area contributed by atoms with Gasteiger partial charge in [0.15, 0.2) is 0 Å². The average Bonchev–Trinajstić information content (AvgIpc) is 2.39. The Balaban J connectivity index is 2.89. The Hall–Kier alpha value is -1.47. The molecule has 0 bridgehead atoms. The van der Waals surface area contributed by atoms with Gasteiger partial charge in [-0.15, -0.1) is 0 Å². The molecule has 0 saturated carbocycles. The molecule has 0 radical (unpaired) electrons. The van der Waals surface area contributed by atoms with Gasteiger partial charge in [-0.25, -0.2) is 0 Å². The highest BCUT2D eigenvalue weighted by molar-refractivity contribution is 9.10. The fourth-order valence-corrected chi connectivity index (χ4v) is 2.09. The molecule has 6 nitrogen and oxygen atoms in total. The minimum Gasteiger partial charge on any atom is -0.465 e. The molecule has 0 aromatic heterocycles. The number of carbonyl (C=O) groups is 1. The number of esters is 1. The molecule has 0 aliphatic carbocycles. The molecule has 0 aliphatic heterocycles. The van der Waals surface area contributed by atoms with Crippen molar-refractivity contribution in [1.82, 2.24) is 5.32 Å². The SMILES string of the molecule is CCOC(=O)[C@H](C)NCc1c([N+](=O)[O-])ccc(Br)c1C. The van der Waals surface area contributed by atoms with Crippen molar-refractivity contribution in [1.29, 1.82) is 0 Å². The van der Waals surface area contributed by atoms with Gasteiger partial charge in [-0.2, -0.15) is 0 Å². The molecular weight excluding hydrogens is 328 g/mol. The first-order valence-electron chi connectivity index (χ1n) is 6.20. The number of carbonyl (C=O) groups excluding carboxylic acids is 1. The lowest BCUT2D eigenvalue weighted by Gasteiger charge is -2.14. The molecule has 20 heavy (non-hydrogen) atoms. The second-order valence-electron chi connectivity index (χ2n) is 4.28. The van der Waals surface area contributed by atoms with Crippen LogP contribution in [0.4, 0.5) is 5.69 Å². The highest BCUT2D eigenvalue weighted by atomic mass is 79.9. The summed E-state index contributed by atoms with van der Waals surface area (Å²) in [7, 11) is 0. The molecule has 0 spiro atoms. The van der Waals surface area contributed by atoms with Crippen molar-refractivity contribution in [3.63, 3.8) is 0 Å². The number of rotatable bonds is 6. The number of hydrogen-bond acceptors (Lipinski definition) is 5. The van der Waals surface area contributed by atoms with E-state index < -0.39 is 11.0 Å². The summed E-state index contributed by atoms with van der Waals surface area (Å²) in [5, 5.41) is 14.0. The number of hydrogen-bond donors (Lipinski definition) is 1. The molecule has 1 atom stereocenters. The van der Waals surface area contributed by atoms with Gasteiger partial charge in [-0.1, -0.05) is 15.9 Å². The summed E-state index contributed by atoms with van der Waals surface area (Å²) >= 11 is 3.35. The van der Waals surface area contributed by atoms with Gasteiger partial charge < -0.3 is 10.1 Å². The third kappa shape index (κ3) is 4.01. The fourth-order valence-electron chi connectivity index (χ4n) is 1.71. The van der Waals surface area contributed by atoms with E-state index in [4.69, 9.17) is 4.74 Å². The Kier molecular flexibility index (Phi) is 6.09. The van der Waals surface area contributed by atoms with Crippen molar-refractivity contribution < 1.29 is 14.5 Å². The second-order valence-corrected chi connectivity index (χ2v) is 5.14. The van der Waals surface area contributed by atoms with E-state index in [2.05, 4.69) is 21.2 Å². The Morgan fingerprint density at radius 1 is 1.55 bits per heavy atom. The zero-order chi connectivity index (χ0) is 15.3. The summed E-state index contributed by atoms with van der Waals surface area (Å²) in [6.45, 7) is 5.72. The predicted molar refractivity (Wildman–Crippen MR) is 78.5 cm³/mol. The van der Waals surface area contributed by atoms with E-state index in [0.717, 1.165) is 10.0 Å². The maximum atomic E-state index is 11.5. The minimum absolute atomic E-state index is 0.0364. The summed E-state index contributed by atoms with van der Waals surface area (Å²) in [6, 6.07) is 2.57. The van der Waals surface area contributed by atoms with Crippen molar-refractivity contribution >= 4 is 27.6 Å². The van der Waals surface area contributed by atoms with Gasteiger partial charge in [0.05, 0.1) is 11.5 Å². The molecule has 0 unspecified atom stereocenters. The molecule has 0 saturated heterocycles. The van der Waals surface area contributed by atoms with Crippen LogP contribution in [0.5, 0.6) is 0 Å². The van der Waals surface area contributed by atoms with Crippen LogP contribution in [0.3, 0.4) is 0 Å². The third-order valence-corrected chi connectivity index (χ3v) is 3.79. The Bertz CT molecular complexity index is 519. The first-order valence-corrected chi connectivity index (χ1v) is 7.00. The number of nitro benzene ring substituents is 1.